The molecule has 0 saturated carbocycles. The average molecular weight is 694 g/mol. The molecule has 5 heterocycles. The molecule has 1 radical (unpaired) electrons. The summed E-state index contributed by atoms with van der Waals surface area (Å²) >= 11 is 0. The molecule has 2 aliphatic rings. The Hall–Kier alpha value is -1.99. The Balaban J connectivity index is 0.000000241. The molecule has 0 aliphatic carbocycles. The average Bonchev–Trinajstić information content (AvgIpc) is 3.57. The number of H-pyrrole nitrogens is 1. The molecule has 11 N–H and O–H groups in total. The number of aromatic amines is 1. The molecule has 0 bridgehead atoms. The van der Waals surface area contributed by atoms with Gasteiger partial charge in [-0.1, -0.05) is 0 Å². The summed E-state index contributed by atoms with van der Waals surface area (Å²) in [6.45, 7) is -1.28. The fourth-order valence-electron chi connectivity index (χ4n) is 4.20. The van der Waals surface area contributed by atoms with E-state index in [1.165, 1.54) is 23.2 Å². The van der Waals surface area contributed by atoms with Crippen molar-refractivity contribution in [3.8, 4) is 0 Å². The van der Waals surface area contributed by atoms with Crippen molar-refractivity contribution in [3.63, 3.8) is 0 Å². The Morgan fingerprint density at radius 2 is 1.38 bits per heavy atom. The van der Waals surface area contributed by atoms with Crippen LogP contribution in [0.25, 0.3) is 11.2 Å². The molecule has 23 nitrogen and oxygen atoms in total. The molecule has 0 aromatic carbocycles. The first kappa shape index (κ1) is 37.5. The molecule has 3 aromatic heterocycles. The van der Waals surface area contributed by atoms with E-state index >= 15 is 0 Å². The van der Waals surface area contributed by atoms with Crippen LogP contribution in [0.2, 0.25) is 0 Å². The third-order valence-electron chi connectivity index (χ3n) is 6.25. The zero-order valence-electron chi connectivity index (χ0n) is 22.9. The minimum absolute atomic E-state index is 0. The van der Waals surface area contributed by atoms with Gasteiger partial charge in [-0.05, 0) is 6.07 Å². The predicted molar refractivity (Wildman–Crippen MR) is 145 cm³/mol. The van der Waals surface area contributed by atoms with Gasteiger partial charge in [0.25, 0.3) is 5.56 Å². The van der Waals surface area contributed by atoms with Gasteiger partial charge in [-0.3, -0.25) is 23.0 Å². The SMILES string of the molecule is Nc1ccn(C2OC(COP(=O)(O)O)C(O)C2O)c(=O)n1.O=c1[nH]cnc2c1ncn2C1OC(COP(=O)(O)O)C(O)C1O.[Na]. The number of fused-ring (bicyclic) bond motifs is 1. The largest absolute Gasteiger partial charge is 0.469 e. The Labute approximate surface area is 272 Å². The Kier molecular flexibility index (Phi) is 12.4. The van der Waals surface area contributed by atoms with Crippen LogP contribution in [0.4, 0.5) is 5.82 Å². The van der Waals surface area contributed by atoms with Crippen molar-refractivity contribution in [1.82, 2.24) is 29.1 Å². The van der Waals surface area contributed by atoms with E-state index < -0.39 is 89.2 Å². The molecule has 45 heavy (non-hydrogen) atoms. The molecule has 8 unspecified atom stereocenters. The normalized spacial score (nSPS) is 28.4. The number of phosphoric ester groups is 2. The monoisotopic (exact) mass is 694 g/mol. The molecule has 0 spiro atoms. The van der Waals surface area contributed by atoms with Gasteiger partial charge in [-0.15, -0.1) is 0 Å². The number of aliphatic hydroxyl groups is 4. The number of nitrogen functional groups attached to an aromatic ring is 1. The van der Waals surface area contributed by atoms with Gasteiger partial charge in [0.05, 0.1) is 25.9 Å². The number of phosphoric acid groups is 2. The Morgan fingerprint density at radius 1 is 0.867 bits per heavy atom. The second kappa shape index (κ2) is 14.8. The minimum atomic E-state index is -4.74. The third-order valence-corrected chi connectivity index (χ3v) is 7.22. The summed E-state index contributed by atoms with van der Waals surface area (Å²) in [5.41, 5.74) is 4.19. The Morgan fingerprint density at radius 3 is 1.87 bits per heavy atom. The Bertz CT molecular complexity index is 1680. The maximum Gasteiger partial charge on any atom is 0.469 e. The quantitative estimate of drug-likeness (QED) is 0.0779. The van der Waals surface area contributed by atoms with Crippen molar-refractivity contribution in [1.29, 1.82) is 0 Å². The van der Waals surface area contributed by atoms with Gasteiger partial charge in [-0.25, -0.2) is 23.9 Å². The van der Waals surface area contributed by atoms with Crippen LogP contribution in [-0.2, 0) is 27.7 Å². The van der Waals surface area contributed by atoms with Crippen LogP contribution in [0.3, 0.4) is 0 Å². The van der Waals surface area contributed by atoms with Crippen LogP contribution in [0, 0.1) is 0 Å². The summed E-state index contributed by atoms with van der Waals surface area (Å²) in [6.07, 6.45) is -7.12. The number of hydrogen-bond acceptors (Lipinski definition) is 16. The molecule has 8 atom stereocenters. The second-order valence-electron chi connectivity index (χ2n) is 9.26. The summed E-state index contributed by atoms with van der Waals surface area (Å²) in [5, 5.41) is 39.6. The summed E-state index contributed by atoms with van der Waals surface area (Å²) < 4.78 is 42.5. The number of ether oxygens (including phenoxy) is 2. The van der Waals surface area contributed by atoms with Crippen molar-refractivity contribution in [2.24, 2.45) is 0 Å². The zero-order chi connectivity index (χ0) is 32.6. The second-order valence-corrected chi connectivity index (χ2v) is 11.7. The number of imidazole rings is 1. The molecule has 2 aliphatic heterocycles. The molecule has 26 heteroatoms. The van der Waals surface area contributed by atoms with E-state index in [0.29, 0.717) is 0 Å². The van der Waals surface area contributed by atoms with E-state index in [9.17, 15) is 39.1 Å². The van der Waals surface area contributed by atoms with Crippen molar-refractivity contribution in [2.75, 3.05) is 18.9 Å². The molecular weight excluding hydrogens is 667 g/mol. The van der Waals surface area contributed by atoms with Crippen LogP contribution < -0.4 is 17.0 Å². The van der Waals surface area contributed by atoms with Crippen molar-refractivity contribution in [3.05, 3.63) is 45.8 Å². The van der Waals surface area contributed by atoms with Gasteiger partial charge in [0, 0.05) is 35.8 Å². The van der Waals surface area contributed by atoms with E-state index in [-0.39, 0.29) is 46.5 Å². The number of aliphatic hydroxyl groups excluding tert-OH is 4. The molecule has 2 fully saturated rings. The predicted octanol–water partition coefficient (Wildman–Crippen LogP) is -4.98. The third kappa shape index (κ3) is 9.09. The maximum atomic E-state index is 11.6. The topological polar surface area (TPSA) is 357 Å². The fraction of sp³-hybridized carbons (Fsp3) is 0.526. The molecular formula is C19H27N7NaO16P2. The molecule has 3 aromatic rings. The van der Waals surface area contributed by atoms with Gasteiger partial charge in [0.2, 0.25) is 0 Å². The summed E-state index contributed by atoms with van der Waals surface area (Å²) in [7, 11) is -9.48. The van der Waals surface area contributed by atoms with Crippen LogP contribution in [-0.4, -0.2) is 148 Å². The van der Waals surface area contributed by atoms with E-state index in [0.717, 1.165) is 10.9 Å². The minimum Gasteiger partial charge on any atom is -0.387 e. The van der Waals surface area contributed by atoms with Crippen molar-refractivity contribution >= 4 is 62.2 Å². The number of anilines is 1. The number of nitrogens with one attached hydrogen (secondary N) is 1. The van der Waals surface area contributed by atoms with E-state index in [1.54, 1.807) is 0 Å². The molecule has 2 saturated heterocycles. The number of nitrogens with two attached hydrogens (primary N) is 1. The molecule has 5 rings (SSSR count). The van der Waals surface area contributed by atoms with Crippen LogP contribution >= 0.6 is 15.6 Å². The van der Waals surface area contributed by atoms with Gasteiger partial charge >= 0.3 is 21.3 Å². The summed E-state index contributed by atoms with van der Waals surface area (Å²) in [5.74, 6) is -0.0225. The van der Waals surface area contributed by atoms with Gasteiger partial charge in [0.15, 0.2) is 23.6 Å². The fourth-order valence-corrected chi connectivity index (χ4v) is 4.89. The number of nitrogens with zero attached hydrogens (tertiary/aromatic N) is 5. The van der Waals surface area contributed by atoms with Crippen LogP contribution in [0.1, 0.15) is 12.5 Å². The van der Waals surface area contributed by atoms with Crippen molar-refractivity contribution < 1.29 is 67.7 Å². The first-order valence-electron chi connectivity index (χ1n) is 12.1. The smallest absolute Gasteiger partial charge is 0.387 e. The van der Waals surface area contributed by atoms with Gasteiger partial charge in [0.1, 0.15) is 42.4 Å². The first-order chi connectivity index (χ1) is 20.5. The van der Waals surface area contributed by atoms with E-state index in [4.69, 9.17) is 34.8 Å². The van der Waals surface area contributed by atoms with Gasteiger partial charge in [-0.2, -0.15) is 4.98 Å². The number of rotatable bonds is 8. The summed E-state index contributed by atoms with van der Waals surface area (Å²) in [4.78, 5) is 71.4. The number of aromatic nitrogens is 6. The van der Waals surface area contributed by atoms with E-state index in [1.807, 2.05) is 0 Å². The van der Waals surface area contributed by atoms with Gasteiger partial charge < -0.3 is 60.2 Å². The van der Waals surface area contributed by atoms with Crippen LogP contribution in [0.15, 0.2) is 34.5 Å². The van der Waals surface area contributed by atoms with Crippen molar-refractivity contribution in [2.45, 2.75) is 49.1 Å². The zero-order valence-corrected chi connectivity index (χ0v) is 26.7. The van der Waals surface area contributed by atoms with Crippen LogP contribution in [0.5, 0.6) is 0 Å². The van der Waals surface area contributed by atoms with E-state index in [2.05, 4.69) is 29.0 Å². The molecule has 245 valence electrons. The number of hydrogen-bond donors (Lipinski definition) is 10. The summed E-state index contributed by atoms with van der Waals surface area (Å²) in [6, 6.07) is 1.29. The molecule has 0 amide bonds. The maximum absolute atomic E-state index is 11.6. The standard InChI is InChI=1S/C10H13N4O8P.C9H14N3O8P.Na/c15-6-4(1-21-23(18,19)20)22-10(7(6)16)14-3-13-5-8(14)11-2-12-9(5)17;10-5-1-2-12(9(15)11-5)8-7(14)6(13)4(20-8)3-19-21(16,17)18;/h2-4,6-7,10,15-16H,1H2,(H,11,12,17)(H2,18,19,20);1-2,4,6-8,13-14H,3H2,(H2,10,11,15)(H2,16,17,18);. The first-order valence-corrected chi connectivity index (χ1v) is 15.2.